The minimum atomic E-state index is 0.171. The van der Waals surface area contributed by atoms with E-state index in [0.717, 1.165) is 12.3 Å². The first-order valence-corrected chi connectivity index (χ1v) is 6.93. The zero-order valence-corrected chi connectivity index (χ0v) is 11.7. The molecule has 0 N–H and O–H groups in total. The molecule has 3 aliphatic heterocycles. The number of allylic oxidation sites excluding steroid dienone is 2. The lowest BCUT2D eigenvalue weighted by molar-refractivity contribution is -0.0732. The minimum absolute atomic E-state index is 0.171. The van der Waals surface area contributed by atoms with Crippen LogP contribution in [0, 0.1) is 10.8 Å². The van der Waals surface area contributed by atoms with Crippen molar-refractivity contribution in [2.75, 3.05) is 33.2 Å². The van der Waals surface area contributed by atoms with Crippen LogP contribution in [-0.2, 0) is 0 Å². The molecule has 1 atom stereocenters. The predicted octanol–water partition coefficient (Wildman–Crippen LogP) is 2.13. The van der Waals surface area contributed by atoms with E-state index in [1.807, 2.05) is 6.20 Å². The Morgan fingerprint density at radius 1 is 1.22 bits per heavy atom. The van der Waals surface area contributed by atoms with Crippen molar-refractivity contribution in [1.29, 1.82) is 0 Å². The third-order valence-electron chi connectivity index (χ3n) is 4.62. The summed E-state index contributed by atoms with van der Waals surface area (Å²) < 4.78 is 0. The molecule has 0 amide bonds. The normalized spacial score (nSPS) is 33.9. The molecule has 1 spiro atoms. The standard InChI is InChI=1S/C15H23N3/c1-4-14(2)6-5-13(16-8-7-14)18-11-15(12-18)9-17(3)10-15/h5-8H,4,9-12H2,1-3H3. The summed E-state index contributed by atoms with van der Waals surface area (Å²) in [5, 5.41) is 0. The van der Waals surface area contributed by atoms with Gasteiger partial charge in [-0.3, -0.25) is 0 Å². The summed E-state index contributed by atoms with van der Waals surface area (Å²) in [7, 11) is 2.20. The van der Waals surface area contributed by atoms with Gasteiger partial charge < -0.3 is 9.80 Å². The van der Waals surface area contributed by atoms with Crippen molar-refractivity contribution < 1.29 is 0 Å². The van der Waals surface area contributed by atoms with E-state index in [1.54, 1.807) is 0 Å². The van der Waals surface area contributed by atoms with Gasteiger partial charge in [0, 0.05) is 43.2 Å². The average Bonchev–Trinajstić information content (AvgIpc) is 2.45. The quantitative estimate of drug-likeness (QED) is 0.705. The molecule has 0 aromatic heterocycles. The number of rotatable bonds is 1. The highest BCUT2D eigenvalue weighted by Crippen LogP contribution is 2.39. The number of nitrogens with zero attached hydrogens (tertiary/aromatic N) is 3. The number of hydrogen-bond donors (Lipinski definition) is 0. The van der Waals surface area contributed by atoms with E-state index >= 15 is 0 Å². The molecule has 0 bridgehead atoms. The van der Waals surface area contributed by atoms with Gasteiger partial charge in [-0.25, -0.2) is 4.99 Å². The monoisotopic (exact) mass is 245 g/mol. The van der Waals surface area contributed by atoms with Crippen molar-refractivity contribution in [2.45, 2.75) is 20.3 Å². The summed E-state index contributed by atoms with van der Waals surface area (Å²) >= 11 is 0. The van der Waals surface area contributed by atoms with Crippen LogP contribution in [0.1, 0.15) is 20.3 Å². The molecular formula is C15H23N3. The van der Waals surface area contributed by atoms with E-state index in [-0.39, 0.29) is 5.41 Å². The van der Waals surface area contributed by atoms with Crippen LogP contribution in [0.15, 0.2) is 29.4 Å². The third kappa shape index (κ3) is 1.91. The van der Waals surface area contributed by atoms with Gasteiger partial charge in [0.1, 0.15) is 5.84 Å². The Bertz CT molecular complexity index is 421. The molecule has 0 radical (unpaired) electrons. The largest absolute Gasteiger partial charge is 0.355 e. The molecule has 3 nitrogen and oxygen atoms in total. The van der Waals surface area contributed by atoms with E-state index in [2.05, 4.69) is 53.9 Å². The number of aliphatic imine (C=N–C) groups is 1. The SMILES string of the molecule is CCC1(C)C=CN=C(N2CC3(CN(C)C3)C2)C=C1. The molecule has 0 saturated carbocycles. The van der Waals surface area contributed by atoms with Crippen LogP contribution in [-0.4, -0.2) is 48.9 Å². The predicted molar refractivity (Wildman–Crippen MR) is 75.6 cm³/mol. The lowest BCUT2D eigenvalue weighted by Gasteiger charge is -2.60. The van der Waals surface area contributed by atoms with Gasteiger partial charge in [-0.2, -0.15) is 0 Å². The zero-order chi connectivity index (χ0) is 12.8. The molecule has 0 aromatic carbocycles. The van der Waals surface area contributed by atoms with Gasteiger partial charge in [-0.05, 0) is 19.5 Å². The van der Waals surface area contributed by atoms with Crippen LogP contribution >= 0.6 is 0 Å². The fourth-order valence-electron chi connectivity index (χ4n) is 3.29. The summed E-state index contributed by atoms with van der Waals surface area (Å²) in [6.07, 6.45) is 9.82. The summed E-state index contributed by atoms with van der Waals surface area (Å²) in [4.78, 5) is 9.40. The number of likely N-dealkylation sites (tertiary alicyclic amines) is 2. The average molecular weight is 245 g/mol. The molecule has 3 heteroatoms. The van der Waals surface area contributed by atoms with Crippen LogP contribution in [0.2, 0.25) is 0 Å². The Labute approximate surface area is 110 Å². The Morgan fingerprint density at radius 2 is 1.94 bits per heavy atom. The molecule has 0 aromatic rings. The van der Waals surface area contributed by atoms with Crippen LogP contribution in [0.3, 0.4) is 0 Å². The van der Waals surface area contributed by atoms with Crippen molar-refractivity contribution in [2.24, 2.45) is 15.8 Å². The van der Waals surface area contributed by atoms with Crippen molar-refractivity contribution in [1.82, 2.24) is 9.80 Å². The van der Waals surface area contributed by atoms with Crippen molar-refractivity contribution in [3.8, 4) is 0 Å². The summed E-state index contributed by atoms with van der Waals surface area (Å²) in [5.41, 5.74) is 0.750. The molecule has 1 unspecified atom stereocenters. The van der Waals surface area contributed by atoms with Crippen molar-refractivity contribution in [3.05, 3.63) is 24.4 Å². The second kappa shape index (κ2) is 3.95. The number of amidine groups is 1. The molecule has 3 aliphatic rings. The van der Waals surface area contributed by atoms with Gasteiger partial charge in [-0.15, -0.1) is 0 Å². The maximum Gasteiger partial charge on any atom is 0.128 e. The molecule has 3 heterocycles. The van der Waals surface area contributed by atoms with Crippen LogP contribution in [0.5, 0.6) is 0 Å². The van der Waals surface area contributed by atoms with E-state index < -0.39 is 0 Å². The maximum absolute atomic E-state index is 4.59. The molecule has 3 rings (SSSR count). The summed E-state index contributed by atoms with van der Waals surface area (Å²) in [5.74, 6) is 1.14. The minimum Gasteiger partial charge on any atom is -0.355 e. The lowest BCUT2D eigenvalue weighted by atomic mass is 9.73. The van der Waals surface area contributed by atoms with Crippen LogP contribution in [0.4, 0.5) is 0 Å². The topological polar surface area (TPSA) is 18.8 Å². The van der Waals surface area contributed by atoms with Gasteiger partial charge in [-0.1, -0.05) is 26.0 Å². The van der Waals surface area contributed by atoms with Crippen LogP contribution < -0.4 is 0 Å². The molecule has 2 fully saturated rings. The lowest BCUT2D eigenvalue weighted by Crippen LogP contribution is -2.71. The first kappa shape index (κ1) is 12.0. The van der Waals surface area contributed by atoms with Gasteiger partial charge >= 0.3 is 0 Å². The maximum atomic E-state index is 4.59. The van der Waals surface area contributed by atoms with E-state index in [0.29, 0.717) is 5.41 Å². The number of hydrogen-bond acceptors (Lipinski definition) is 3. The highest BCUT2D eigenvalue weighted by Gasteiger charge is 2.50. The second-order valence-electron chi connectivity index (χ2n) is 6.52. The highest BCUT2D eigenvalue weighted by atomic mass is 15.3. The fraction of sp³-hybridized carbons (Fsp3) is 0.667. The highest BCUT2D eigenvalue weighted by molar-refractivity contribution is 5.94. The molecule has 18 heavy (non-hydrogen) atoms. The van der Waals surface area contributed by atoms with Crippen molar-refractivity contribution in [3.63, 3.8) is 0 Å². The first-order chi connectivity index (χ1) is 8.54. The first-order valence-electron chi connectivity index (χ1n) is 6.93. The van der Waals surface area contributed by atoms with E-state index in [1.165, 1.54) is 26.2 Å². The molecule has 2 saturated heterocycles. The Morgan fingerprint density at radius 3 is 2.56 bits per heavy atom. The fourth-order valence-corrected chi connectivity index (χ4v) is 3.29. The summed E-state index contributed by atoms with van der Waals surface area (Å²) in [6.45, 7) is 9.35. The van der Waals surface area contributed by atoms with Gasteiger partial charge in [0.15, 0.2) is 0 Å². The molecule has 0 aliphatic carbocycles. The Kier molecular flexibility index (Phi) is 2.63. The second-order valence-corrected chi connectivity index (χ2v) is 6.52. The molecular weight excluding hydrogens is 222 g/mol. The van der Waals surface area contributed by atoms with Crippen molar-refractivity contribution >= 4 is 5.84 Å². The third-order valence-corrected chi connectivity index (χ3v) is 4.62. The van der Waals surface area contributed by atoms with E-state index in [9.17, 15) is 0 Å². The van der Waals surface area contributed by atoms with Crippen LogP contribution in [0.25, 0.3) is 0 Å². The van der Waals surface area contributed by atoms with Gasteiger partial charge in [0.05, 0.1) is 0 Å². The van der Waals surface area contributed by atoms with Gasteiger partial charge in [0.2, 0.25) is 0 Å². The van der Waals surface area contributed by atoms with E-state index in [4.69, 9.17) is 0 Å². The van der Waals surface area contributed by atoms with Gasteiger partial charge in [0.25, 0.3) is 0 Å². The summed E-state index contributed by atoms with van der Waals surface area (Å²) in [6, 6.07) is 0. The Balaban J connectivity index is 1.64. The smallest absolute Gasteiger partial charge is 0.128 e. The zero-order valence-electron chi connectivity index (χ0n) is 11.7. The molecule has 98 valence electrons. The Hall–Kier alpha value is -1.09.